The fraction of sp³-hybridized carbons (Fsp3) is 0.158. The zero-order valence-electron chi connectivity index (χ0n) is 14.0. The molecule has 0 radical (unpaired) electrons. The van der Waals surface area contributed by atoms with Crippen molar-refractivity contribution >= 4 is 16.7 Å². The number of fused-ring (bicyclic) bond motifs is 1. The first kappa shape index (κ1) is 18.5. The Bertz CT molecular complexity index is 974. The van der Waals surface area contributed by atoms with Gasteiger partial charge in [0.2, 0.25) is 5.88 Å². The summed E-state index contributed by atoms with van der Waals surface area (Å²) in [5.74, 6) is -0.851. The van der Waals surface area contributed by atoms with Crippen molar-refractivity contribution in [1.82, 2.24) is 10.3 Å². The van der Waals surface area contributed by atoms with Crippen molar-refractivity contribution in [3.63, 3.8) is 0 Å². The van der Waals surface area contributed by atoms with E-state index >= 15 is 0 Å². The number of alkyl halides is 3. The lowest BCUT2D eigenvalue weighted by Crippen LogP contribution is -2.23. The number of carbonyl (C=O) groups is 1. The third kappa shape index (κ3) is 4.87. The van der Waals surface area contributed by atoms with Gasteiger partial charge in [-0.15, -0.1) is 0 Å². The highest BCUT2D eigenvalue weighted by Gasteiger charge is 2.28. The third-order valence-electron chi connectivity index (χ3n) is 3.74. The molecule has 0 fully saturated rings. The predicted molar refractivity (Wildman–Crippen MR) is 92.6 cm³/mol. The smallest absolute Gasteiger partial charge is 0.422 e. The number of nitrogens with one attached hydrogen (secondary N) is 1. The topological polar surface area (TPSA) is 71.5 Å². The maximum atomic E-state index is 12.4. The first-order valence-corrected chi connectivity index (χ1v) is 7.96. The van der Waals surface area contributed by atoms with Crippen molar-refractivity contribution in [1.29, 1.82) is 0 Å². The molecule has 0 spiro atoms. The van der Waals surface area contributed by atoms with Crippen LogP contribution >= 0.6 is 0 Å². The van der Waals surface area contributed by atoms with Gasteiger partial charge in [-0.2, -0.15) is 13.2 Å². The first-order valence-electron chi connectivity index (χ1n) is 7.96. The van der Waals surface area contributed by atoms with E-state index in [1.54, 1.807) is 12.1 Å². The van der Waals surface area contributed by atoms with E-state index in [9.17, 15) is 23.1 Å². The number of pyridine rings is 1. The first-order chi connectivity index (χ1) is 12.8. The Labute approximate surface area is 152 Å². The van der Waals surface area contributed by atoms with Gasteiger partial charge < -0.3 is 15.2 Å². The monoisotopic (exact) mass is 376 g/mol. The molecule has 3 rings (SSSR count). The number of hydrogen-bond acceptors (Lipinski definition) is 4. The molecular formula is C19H15F3N2O3. The van der Waals surface area contributed by atoms with Gasteiger partial charge in [0.05, 0.1) is 5.56 Å². The quantitative estimate of drug-likeness (QED) is 0.710. The largest absolute Gasteiger partial charge is 0.507 e. The Balaban J connectivity index is 1.68. The van der Waals surface area contributed by atoms with Crippen LogP contribution in [-0.2, 0) is 6.54 Å². The second-order valence-electron chi connectivity index (χ2n) is 5.81. The number of carbonyl (C=O) groups excluding carboxylic acids is 1. The van der Waals surface area contributed by atoms with E-state index in [1.807, 2.05) is 24.3 Å². The van der Waals surface area contributed by atoms with E-state index < -0.39 is 18.7 Å². The fourth-order valence-electron chi connectivity index (χ4n) is 2.48. The molecule has 5 nitrogen and oxygen atoms in total. The highest BCUT2D eigenvalue weighted by Crippen LogP contribution is 2.25. The number of rotatable bonds is 5. The van der Waals surface area contributed by atoms with Gasteiger partial charge in [-0.3, -0.25) is 4.79 Å². The average Bonchev–Trinajstić information content (AvgIpc) is 2.63. The number of halogens is 3. The predicted octanol–water partition coefficient (Wildman–Crippen LogP) is 3.81. The van der Waals surface area contributed by atoms with E-state index in [-0.39, 0.29) is 23.7 Å². The summed E-state index contributed by atoms with van der Waals surface area (Å²) >= 11 is 0. The van der Waals surface area contributed by atoms with Gasteiger partial charge in [0, 0.05) is 18.8 Å². The molecule has 0 atom stereocenters. The van der Waals surface area contributed by atoms with Gasteiger partial charge in [0.25, 0.3) is 5.91 Å². The molecule has 1 amide bonds. The summed E-state index contributed by atoms with van der Waals surface area (Å²) in [4.78, 5) is 16.1. The summed E-state index contributed by atoms with van der Waals surface area (Å²) in [6.07, 6.45) is -3.17. The summed E-state index contributed by atoms with van der Waals surface area (Å²) in [7, 11) is 0. The minimum atomic E-state index is -4.46. The maximum Gasteiger partial charge on any atom is 0.422 e. The number of phenols is 1. The number of aromatic hydroxyl groups is 1. The van der Waals surface area contributed by atoms with Crippen LogP contribution in [0.25, 0.3) is 10.8 Å². The molecule has 0 unspecified atom stereocenters. The normalized spacial score (nSPS) is 11.4. The molecule has 2 aromatic carbocycles. The average molecular weight is 376 g/mol. The number of benzene rings is 2. The van der Waals surface area contributed by atoms with Gasteiger partial charge in [0.15, 0.2) is 6.61 Å². The second-order valence-corrected chi connectivity index (χ2v) is 5.81. The summed E-state index contributed by atoms with van der Waals surface area (Å²) < 4.78 is 41.2. The van der Waals surface area contributed by atoms with Crippen LogP contribution in [-0.4, -0.2) is 28.8 Å². The Morgan fingerprint density at radius 1 is 1.11 bits per heavy atom. The van der Waals surface area contributed by atoms with Crippen LogP contribution < -0.4 is 10.1 Å². The van der Waals surface area contributed by atoms with Crippen LogP contribution in [0.4, 0.5) is 13.2 Å². The highest BCUT2D eigenvalue weighted by atomic mass is 19.4. The summed E-state index contributed by atoms with van der Waals surface area (Å²) in [5.41, 5.74) is 0.618. The second kappa shape index (κ2) is 7.53. The molecule has 27 heavy (non-hydrogen) atoms. The minimum Gasteiger partial charge on any atom is -0.507 e. The zero-order chi connectivity index (χ0) is 19.4. The van der Waals surface area contributed by atoms with E-state index in [4.69, 9.17) is 0 Å². The molecule has 0 saturated heterocycles. The molecular weight excluding hydrogens is 361 g/mol. The molecule has 1 aromatic heterocycles. The number of aromatic nitrogens is 1. The molecule has 3 aromatic rings. The molecule has 0 aliphatic carbocycles. The number of phenolic OH excluding ortho intramolecular Hbond substituents is 1. The lowest BCUT2D eigenvalue weighted by molar-refractivity contribution is -0.154. The molecule has 0 bridgehead atoms. The van der Waals surface area contributed by atoms with E-state index in [0.717, 1.165) is 10.8 Å². The highest BCUT2D eigenvalue weighted by molar-refractivity contribution is 6.01. The van der Waals surface area contributed by atoms with E-state index in [0.29, 0.717) is 5.56 Å². The van der Waals surface area contributed by atoms with Crippen LogP contribution in [0.3, 0.4) is 0 Å². The number of hydrogen-bond donors (Lipinski definition) is 2. The van der Waals surface area contributed by atoms with Crippen molar-refractivity contribution in [2.24, 2.45) is 0 Å². The molecule has 0 aliphatic rings. The molecule has 140 valence electrons. The lowest BCUT2D eigenvalue weighted by atomic mass is 10.1. The molecule has 0 aliphatic heterocycles. The fourth-order valence-corrected chi connectivity index (χ4v) is 2.48. The molecule has 2 N–H and O–H groups in total. The van der Waals surface area contributed by atoms with Crippen molar-refractivity contribution in [3.05, 3.63) is 65.9 Å². The van der Waals surface area contributed by atoms with Crippen molar-refractivity contribution in [3.8, 4) is 11.6 Å². The van der Waals surface area contributed by atoms with Crippen molar-refractivity contribution < 1.29 is 27.8 Å². The zero-order valence-corrected chi connectivity index (χ0v) is 14.0. The number of ether oxygens (including phenoxy) is 1. The Kier molecular flexibility index (Phi) is 5.16. The third-order valence-corrected chi connectivity index (χ3v) is 3.74. The summed E-state index contributed by atoms with van der Waals surface area (Å²) in [6.45, 7) is -1.41. The standard InChI is InChI=1S/C19H15F3N2O3/c20-19(21,22)11-27-17-7-12(5-6-23-17)10-24-18(26)15-8-13-3-1-2-4-14(13)9-16(15)25/h1-9,25H,10-11H2,(H,24,26). The molecule has 8 heteroatoms. The van der Waals surface area contributed by atoms with Gasteiger partial charge >= 0.3 is 6.18 Å². The van der Waals surface area contributed by atoms with Gasteiger partial charge in [0.1, 0.15) is 5.75 Å². The van der Waals surface area contributed by atoms with Crippen LogP contribution in [0, 0.1) is 0 Å². The number of nitrogens with zero attached hydrogens (tertiary/aromatic N) is 1. The van der Waals surface area contributed by atoms with Crippen LogP contribution in [0.15, 0.2) is 54.7 Å². The minimum absolute atomic E-state index is 0.0377. The molecule has 0 saturated carbocycles. The Hall–Kier alpha value is -3.29. The summed E-state index contributed by atoms with van der Waals surface area (Å²) in [5, 5.41) is 14.3. The SMILES string of the molecule is O=C(NCc1ccnc(OCC(F)(F)F)c1)c1cc2ccccc2cc1O. The summed E-state index contributed by atoms with van der Waals surface area (Å²) in [6, 6.07) is 13.2. The van der Waals surface area contributed by atoms with Crippen LogP contribution in [0.5, 0.6) is 11.6 Å². The van der Waals surface area contributed by atoms with Crippen LogP contribution in [0.2, 0.25) is 0 Å². The Morgan fingerprint density at radius 2 is 1.81 bits per heavy atom. The van der Waals surface area contributed by atoms with E-state index in [2.05, 4.69) is 15.0 Å². The maximum absolute atomic E-state index is 12.4. The van der Waals surface area contributed by atoms with Crippen molar-refractivity contribution in [2.45, 2.75) is 12.7 Å². The van der Waals surface area contributed by atoms with Gasteiger partial charge in [-0.1, -0.05) is 24.3 Å². The van der Waals surface area contributed by atoms with Gasteiger partial charge in [-0.05, 0) is 34.5 Å². The van der Waals surface area contributed by atoms with E-state index in [1.165, 1.54) is 18.3 Å². The van der Waals surface area contributed by atoms with Crippen molar-refractivity contribution in [2.75, 3.05) is 6.61 Å². The van der Waals surface area contributed by atoms with Gasteiger partial charge in [-0.25, -0.2) is 4.98 Å². The van der Waals surface area contributed by atoms with Crippen LogP contribution in [0.1, 0.15) is 15.9 Å². The lowest BCUT2D eigenvalue weighted by Gasteiger charge is -2.11. The Morgan fingerprint density at radius 3 is 2.52 bits per heavy atom. The molecule has 1 heterocycles. The number of amides is 1.